The van der Waals surface area contributed by atoms with Crippen LogP contribution in [0, 0.1) is 5.82 Å². The molecule has 16 heavy (non-hydrogen) atoms. The van der Waals surface area contributed by atoms with E-state index in [2.05, 4.69) is 4.98 Å². The van der Waals surface area contributed by atoms with E-state index in [0.717, 1.165) is 0 Å². The van der Waals surface area contributed by atoms with E-state index in [4.69, 9.17) is 5.73 Å². The number of aromatic nitrogens is 1. The molecule has 3 nitrogen and oxygen atoms in total. The lowest BCUT2D eigenvalue weighted by Gasteiger charge is -1.98. The van der Waals surface area contributed by atoms with Gasteiger partial charge in [0.15, 0.2) is 10.9 Å². The van der Waals surface area contributed by atoms with Crippen molar-refractivity contribution in [1.82, 2.24) is 4.98 Å². The Labute approximate surface area is 95.7 Å². The summed E-state index contributed by atoms with van der Waals surface area (Å²) in [6.07, 6.45) is 0.194. The third-order valence-electron chi connectivity index (χ3n) is 2.08. The first-order chi connectivity index (χ1) is 7.65. The van der Waals surface area contributed by atoms with Crippen molar-refractivity contribution in [2.75, 3.05) is 5.73 Å². The lowest BCUT2D eigenvalue weighted by atomic mass is 10.1. The van der Waals surface area contributed by atoms with E-state index in [0.29, 0.717) is 16.4 Å². The van der Waals surface area contributed by atoms with E-state index in [1.54, 1.807) is 5.38 Å². The van der Waals surface area contributed by atoms with Gasteiger partial charge in [-0.3, -0.25) is 4.79 Å². The number of ketones is 1. The maximum Gasteiger partial charge on any atom is 0.180 e. The number of hydrogen-bond donors (Lipinski definition) is 1. The molecule has 0 bridgehead atoms. The van der Waals surface area contributed by atoms with Gasteiger partial charge in [-0.15, -0.1) is 11.3 Å². The van der Waals surface area contributed by atoms with E-state index in [1.807, 2.05) is 0 Å². The average molecular weight is 236 g/mol. The average Bonchev–Trinajstić information content (AvgIpc) is 2.65. The van der Waals surface area contributed by atoms with E-state index in [1.165, 1.54) is 35.6 Å². The van der Waals surface area contributed by atoms with Crippen LogP contribution in [0.25, 0.3) is 0 Å². The molecule has 0 aliphatic rings. The highest BCUT2D eigenvalue weighted by atomic mass is 32.1. The molecule has 0 amide bonds. The summed E-state index contributed by atoms with van der Waals surface area (Å²) in [5.74, 6) is -0.445. The van der Waals surface area contributed by atoms with E-state index in [-0.39, 0.29) is 18.0 Å². The van der Waals surface area contributed by atoms with Gasteiger partial charge in [-0.1, -0.05) is 0 Å². The minimum Gasteiger partial charge on any atom is -0.375 e. The Morgan fingerprint density at radius 3 is 2.62 bits per heavy atom. The molecule has 1 heterocycles. The summed E-state index contributed by atoms with van der Waals surface area (Å²) in [5, 5.41) is 2.19. The number of nitrogens with two attached hydrogens (primary N) is 1. The standard InChI is InChI=1S/C11H9FN2OS/c12-8-3-1-7(2-4-8)10(15)5-9-6-16-11(13)14-9/h1-4,6H,5H2,(H2,13,14). The van der Waals surface area contributed by atoms with Crippen molar-refractivity contribution in [1.29, 1.82) is 0 Å². The first kappa shape index (κ1) is 10.8. The Kier molecular flexibility index (Phi) is 2.96. The Morgan fingerprint density at radius 1 is 1.38 bits per heavy atom. The van der Waals surface area contributed by atoms with Crippen LogP contribution >= 0.6 is 11.3 Å². The zero-order chi connectivity index (χ0) is 11.5. The third kappa shape index (κ3) is 2.43. The Morgan fingerprint density at radius 2 is 2.06 bits per heavy atom. The maximum absolute atomic E-state index is 12.6. The van der Waals surface area contributed by atoms with Crippen LogP contribution in [0.15, 0.2) is 29.6 Å². The second-order valence-corrected chi connectivity index (χ2v) is 4.17. The fourth-order valence-electron chi connectivity index (χ4n) is 1.31. The van der Waals surface area contributed by atoms with Crippen LogP contribution in [-0.2, 0) is 6.42 Å². The van der Waals surface area contributed by atoms with Crippen LogP contribution < -0.4 is 5.73 Å². The van der Waals surface area contributed by atoms with Crippen LogP contribution in [0.4, 0.5) is 9.52 Å². The molecule has 0 atom stereocenters. The van der Waals surface area contributed by atoms with Gasteiger partial charge >= 0.3 is 0 Å². The summed E-state index contributed by atoms with van der Waals surface area (Å²) in [5.41, 5.74) is 6.59. The van der Waals surface area contributed by atoms with Gasteiger partial charge in [0.25, 0.3) is 0 Å². The topological polar surface area (TPSA) is 56.0 Å². The molecule has 0 radical (unpaired) electrons. The molecule has 0 aliphatic carbocycles. The van der Waals surface area contributed by atoms with Gasteiger partial charge in [-0.05, 0) is 24.3 Å². The van der Waals surface area contributed by atoms with E-state index in [9.17, 15) is 9.18 Å². The van der Waals surface area contributed by atoms with Crippen LogP contribution in [0.5, 0.6) is 0 Å². The van der Waals surface area contributed by atoms with Gasteiger partial charge in [0.05, 0.1) is 12.1 Å². The molecule has 2 rings (SSSR count). The normalized spacial score (nSPS) is 10.3. The number of carbonyl (C=O) groups is 1. The van der Waals surface area contributed by atoms with E-state index < -0.39 is 0 Å². The highest BCUT2D eigenvalue weighted by molar-refractivity contribution is 7.13. The van der Waals surface area contributed by atoms with Crippen molar-refractivity contribution in [3.8, 4) is 0 Å². The van der Waals surface area contributed by atoms with E-state index >= 15 is 0 Å². The molecule has 2 aromatic rings. The van der Waals surface area contributed by atoms with Crippen molar-refractivity contribution < 1.29 is 9.18 Å². The molecule has 0 fully saturated rings. The quantitative estimate of drug-likeness (QED) is 0.832. The van der Waals surface area contributed by atoms with Gasteiger partial charge < -0.3 is 5.73 Å². The molecule has 82 valence electrons. The number of anilines is 1. The molecule has 0 spiro atoms. The number of nitrogen functional groups attached to an aromatic ring is 1. The Balaban J connectivity index is 2.11. The largest absolute Gasteiger partial charge is 0.375 e. The number of benzene rings is 1. The summed E-state index contributed by atoms with van der Waals surface area (Å²) < 4.78 is 12.6. The summed E-state index contributed by atoms with van der Waals surface area (Å²) in [7, 11) is 0. The van der Waals surface area contributed by atoms with Crippen molar-refractivity contribution in [3.05, 3.63) is 46.7 Å². The number of hydrogen-bond acceptors (Lipinski definition) is 4. The number of nitrogens with zero attached hydrogens (tertiary/aromatic N) is 1. The monoisotopic (exact) mass is 236 g/mol. The Bertz CT molecular complexity index is 507. The maximum atomic E-state index is 12.6. The number of carbonyl (C=O) groups excluding carboxylic acids is 1. The van der Waals surface area contributed by atoms with Crippen LogP contribution in [0.2, 0.25) is 0 Å². The van der Waals surface area contributed by atoms with Gasteiger partial charge in [0.1, 0.15) is 5.82 Å². The minimum atomic E-state index is -0.352. The second kappa shape index (κ2) is 4.40. The van der Waals surface area contributed by atoms with Crippen LogP contribution in [0.1, 0.15) is 16.1 Å². The highest BCUT2D eigenvalue weighted by Gasteiger charge is 2.09. The van der Waals surface area contributed by atoms with Gasteiger partial charge in [-0.2, -0.15) is 0 Å². The van der Waals surface area contributed by atoms with Gasteiger partial charge in [-0.25, -0.2) is 9.37 Å². The zero-order valence-corrected chi connectivity index (χ0v) is 9.13. The fraction of sp³-hybridized carbons (Fsp3) is 0.0909. The van der Waals surface area contributed by atoms with Crippen molar-refractivity contribution in [3.63, 3.8) is 0 Å². The first-order valence-corrected chi connectivity index (χ1v) is 5.52. The molecule has 0 unspecified atom stereocenters. The zero-order valence-electron chi connectivity index (χ0n) is 8.31. The SMILES string of the molecule is Nc1nc(CC(=O)c2ccc(F)cc2)cs1. The predicted octanol–water partition coefficient (Wildman–Crippen LogP) is 2.29. The Hall–Kier alpha value is -1.75. The molecular formula is C11H9FN2OS. The van der Waals surface area contributed by atoms with Crippen molar-refractivity contribution >= 4 is 22.3 Å². The van der Waals surface area contributed by atoms with Crippen molar-refractivity contribution in [2.45, 2.75) is 6.42 Å². The smallest absolute Gasteiger partial charge is 0.180 e. The van der Waals surface area contributed by atoms with Gasteiger partial charge in [0, 0.05) is 10.9 Å². The predicted molar refractivity (Wildman–Crippen MR) is 61.0 cm³/mol. The van der Waals surface area contributed by atoms with Crippen LogP contribution in [0.3, 0.4) is 0 Å². The molecule has 2 N–H and O–H groups in total. The summed E-state index contributed by atoms with van der Waals surface area (Å²) >= 11 is 1.30. The molecule has 0 saturated carbocycles. The highest BCUT2D eigenvalue weighted by Crippen LogP contribution is 2.13. The first-order valence-electron chi connectivity index (χ1n) is 4.64. The number of halogens is 1. The van der Waals surface area contributed by atoms with Crippen molar-refractivity contribution in [2.24, 2.45) is 0 Å². The second-order valence-electron chi connectivity index (χ2n) is 3.28. The molecule has 0 aliphatic heterocycles. The number of rotatable bonds is 3. The summed E-state index contributed by atoms with van der Waals surface area (Å²) in [4.78, 5) is 15.7. The molecular weight excluding hydrogens is 227 g/mol. The molecule has 1 aromatic carbocycles. The molecule has 1 aromatic heterocycles. The third-order valence-corrected chi connectivity index (χ3v) is 2.80. The van der Waals surface area contributed by atoms with Crippen LogP contribution in [-0.4, -0.2) is 10.8 Å². The summed E-state index contributed by atoms with van der Waals surface area (Å²) in [6, 6.07) is 5.46. The van der Waals surface area contributed by atoms with Gasteiger partial charge in [0.2, 0.25) is 0 Å². The lowest BCUT2D eigenvalue weighted by molar-refractivity contribution is 0.0992. The molecule has 5 heteroatoms. The number of thiazole rings is 1. The summed E-state index contributed by atoms with van der Waals surface area (Å²) in [6.45, 7) is 0. The lowest BCUT2D eigenvalue weighted by Crippen LogP contribution is -2.03. The minimum absolute atomic E-state index is 0.0923. The molecule has 0 saturated heterocycles. The number of Topliss-reactive ketones (excluding diaryl/α,β-unsaturated/α-hetero) is 1. The fourth-order valence-corrected chi connectivity index (χ4v) is 1.87.